The van der Waals surface area contributed by atoms with Crippen LogP contribution in [0.3, 0.4) is 0 Å². The largest absolute Gasteiger partial charge is 0.355 e. The Morgan fingerprint density at radius 1 is 0.593 bits per heavy atom. The summed E-state index contributed by atoms with van der Waals surface area (Å²) >= 11 is 0. The van der Waals surface area contributed by atoms with Gasteiger partial charge in [0.05, 0.1) is 11.6 Å². The lowest BCUT2D eigenvalue weighted by Crippen LogP contribution is -1.94. The third-order valence-electron chi connectivity index (χ3n) is 4.50. The molecule has 0 fully saturated rings. The van der Waals surface area contributed by atoms with Crippen molar-refractivity contribution >= 4 is 11.4 Å². The van der Waals surface area contributed by atoms with Crippen LogP contribution in [0, 0.1) is 11.3 Å². The first-order chi connectivity index (χ1) is 13.3. The number of nitriles is 1. The average molecular weight is 346 g/mol. The molecule has 2 heteroatoms. The van der Waals surface area contributed by atoms with Crippen LogP contribution in [0.2, 0.25) is 0 Å². The molecular weight excluding hydrogens is 328 g/mol. The Hall–Kier alpha value is -3.83. The summed E-state index contributed by atoms with van der Waals surface area (Å²) in [6, 6.07) is 36.8. The standard InChI is InChI=1S/C25H18N2/c26-18-19-11-16-25(24(17-19)22-9-5-2-6-10-22)27-23-14-12-21(13-15-23)20-7-3-1-4-8-20/h1-17,27H. The van der Waals surface area contributed by atoms with Crippen LogP contribution < -0.4 is 5.32 Å². The Morgan fingerprint density at radius 2 is 1.19 bits per heavy atom. The van der Waals surface area contributed by atoms with E-state index in [0.29, 0.717) is 5.56 Å². The molecule has 0 heterocycles. The van der Waals surface area contributed by atoms with Crippen molar-refractivity contribution < 1.29 is 0 Å². The molecule has 0 aromatic heterocycles. The van der Waals surface area contributed by atoms with E-state index in [0.717, 1.165) is 22.5 Å². The molecule has 0 aliphatic carbocycles. The predicted octanol–water partition coefficient (Wildman–Crippen LogP) is 6.64. The maximum atomic E-state index is 9.26. The van der Waals surface area contributed by atoms with E-state index in [1.54, 1.807) is 0 Å². The van der Waals surface area contributed by atoms with Gasteiger partial charge in [-0.05, 0) is 47.0 Å². The molecule has 0 amide bonds. The summed E-state index contributed by atoms with van der Waals surface area (Å²) in [5.74, 6) is 0. The zero-order valence-corrected chi connectivity index (χ0v) is 14.8. The Kier molecular flexibility index (Phi) is 4.68. The molecule has 2 nitrogen and oxygen atoms in total. The molecule has 4 rings (SSSR count). The third kappa shape index (κ3) is 3.73. The number of anilines is 2. The lowest BCUT2D eigenvalue weighted by molar-refractivity contribution is 1.47. The first-order valence-electron chi connectivity index (χ1n) is 8.85. The van der Waals surface area contributed by atoms with Crippen LogP contribution >= 0.6 is 0 Å². The van der Waals surface area contributed by atoms with Gasteiger partial charge in [-0.25, -0.2) is 0 Å². The summed E-state index contributed by atoms with van der Waals surface area (Å²) < 4.78 is 0. The first kappa shape index (κ1) is 16.6. The number of nitrogens with zero attached hydrogens (tertiary/aromatic N) is 1. The van der Waals surface area contributed by atoms with E-state index in [1.807, 2.05) is 54.6 Å². The average Bonchev–Trinajstić information content (AvgIpc) is 2.76. The highest BCUT2D eigenvalue weighted by Gasteiger charge is 2.07. The van der Waals surface area contributed by atoms with E-state index in [1.165, 1.54) is 11.1 Å². The van der Waals surface area contributed by atoms with E-state index < -0.39 is 0 Å². The van der Waals surface area contributed by atoms with Crippen molar-refractivity contribution in [2.24, 2.45) is 0 Å². The van der Waals surface area contributed by atoms with Gasteiger partial charge in [0.15, 0.2) is 0 Å². The van der Waals surface area contributed by atoms with Crippen molar-refractivity contribution in [1.82, 2.24) is 0 Å². The van der Waals surface area contributed by atoms with E-state index in [2.05, 4.69) is 59.9 Å². The molecule has 0 atom stereocenters. The Balaban J connectivity index is 1.66. The molecular formula is C25H18N2. The molecule has 27 heavy (non-hydrogen) atoms. The number of rotatable bonds is 4. The van der Waals surface area contributed by atoms with Crippen LogP contribution in [0.25, 0.3) is 22.3 Å². The smallest absolute Gasteiger partial charge is 0.0991 e. The minimum atomic E-state index is 0.652. The van der Waals surface area contributed by atoms with Gasteiger partial charge >= 0.3 is 0 Å². The molecule has 0 spiro atoms. The van der Waals surface area contributed by atoms with Crippen LogP contribution in [0.1, 0.15) is 5.56 Å². The monoisotopic (exact) mass is 346 g/mol. The van der Waals surface area contributed by atoms with E-state index in [-0.39, 0.29) is 0 Å². The molecule has 0 bridgehead atoms. The zero-order chi connectivity index (χ0) is 18.5. The lowest BCUT2D eigenvalue weighted by atomic mass is 10.0. The molecule has 1 N–H and O–H groups in total. The van der Waals surface area contributed by atoms with Gasteiger partial charge in [-0.2, -0.15) is 5.26 Å². The van der Waals surface area contributed by atoms with Gasteiger partial charge in [-0.3, -0.25) is 0 Å². The third-order valence-corrected chi connectivity index (χ3v) is 4.50. The quantitative estimate of drug-likeness (QED) is 0.450. The van der Waals surface area contributed by atoms with Crippen molar-refractivity contribution in [1.29, 1.82) is 5.26 Å². The fraction of sp³-hybridized carbons (Fsp3) is 0. The molecule has 0 saturated carbocycles. The van der Waals surface area contributed by atoms with Gasteiger partial charge in [0, 0.05) is 16.9 Å². The number of hydrogen-bond acceptors (Lipinski definition) is 2. The molecule has 128 valence electrons. The second-order valence-electron chi connectivity index (χ2n) is 6.31. The van der Waals surface area contributed by atoms with E-state index >= 15 is 0 Å². The number of hydrogen-bond donors (Lipinski definition) is 1. The highest BCUT2D eigenvalue weighted by atomic mass is 14.9. The first-order valence-corrected chi connectivity index (χ1v) is 8.85. The van der Waals surface area contributed by atoms with Gasteiger partial charge < -0.3 is 5.32 Å². The Labute approximate surface area is 159 Å². The topological polar surface area (TPSA) is 35.8 Å². The molecule has 0 aliphatic rings. The molecule has 4 aromatic carbocycles. The fourth-order valence-corrected chi connectivity index (χ4v) is 3.11. The molecule has 0 radical (unpaired) electrons. The van der Waals surface area contributed by atoms with Crippen LogP contribution in [-0.2, 0) is 0 Å². The highest BCUT2D eigenvalue weighted by Crippen LogP contribution is 2.32. The van der Waals surface area contributed by atoms with Crippen molar-refractivity contribution in [3.05, 3.63) is 109 Å². The Bertz CT molecular complexity index is 1080. The van der Waals surface area contributed by atoms with Crippen molar-refractivity contribution in [3.8, 4) is 28.3 Å². The zero-order valence-electron chi connectivity index (χ0n) is 14.8. The van der Waals surface area contributed by atoms with Crippen LogP contribution in [0.15, 0.2) is 103 Å². The van der Waals surface area contributed by atoms with Crippen LogP contribution in [0.5, 0.6) is 0 Å². The maximum absolute atomic E-state index is 9.26. The summed E-state index contributed by atoms with van der Waals surface area (Å²) in [5.41, 5.74) is 7.12. The number of nitrogens with one attached hydrogen (secondary N) is 1. The predicted molar refractivity (Wildman–Crippen MR) is 112 cm³/mol. The van der Waals surface area contributed by atoms with Gasteiger partial charge in [0.1, 0.15) is 0 Å². The molecule has 0 aliphatic heterocycles. The molecule has 0 unspecified atom stereocenters. The van der Waals surface area contributed by atoms with Crippen molar-refractivity contribution in [2.75, 3.05) is 5.32 Å². The van der Waals surface area contributed by atoms with E-state index in [9.17, 15) is 5.26 Å². The van der Waals surface area contributed by atoms with Crippen LogP contribution in [0.4, 0.5) is 11.4 Å². The molecule has 0 saturated heterocycles. The fourth-order valence-electron chi connectivity index (χ4n) is 3.11. The summed E-state index contributed by atoms with van der Waals surface area (Å²) in [6.45, 7) is 0. The van der Waals surface area contributed by atoms with Crippen LogP contribution in [-0.4, -0.2) is 0 Å². The van der Waals surface area contributed by atoms with Gasteiger partial charge in [-0.1, -0.05) is 72.8 Å². The maximum Gasteiger partial charge on any atom is 0.0991 e. The molecule has 4 aromatic rings. The minimum absolute atomic E-state index is 0.652. The van der Waals surface area contributed by atoms with Gasteiger partial charge in [0.25, 0.3) is 0 Å². The van der Waals surface area contributed by atoms with E-state index in [4.69, 9.17) is 0 Å². The number of benzene rings is 4. The summed E-state index contributed by atoms with van der Waals surface area (Å²) in [4.78, 5) is 0. The SMILES string of the molecule is N#Cc1ccc(Nc2ccc(-c3ccccc3)cc2)c(-c2ccccc2)c1. The second-order valence-corrected chi connectivity index (χ2v) is 6.31. The second kappa shape index (κ2) is 7.59. The van der Waals surface area contributed by atoms with Crippen molar-refractivity contribution in [2.45, 2.75) is 0 Å². The summed E-state index contributed by atoms with van der Waals surface area (Å²) in [7, 11) is 0. The van der Waals surface area contributed by atoms with Gasteiger partial charge in [0.2, 0.25) is 0 Å². The lowest BCUT2D eigenvalue weighted by Gasteiger charge is -2.13. The minimum Gasteiger partial charge on any atom is -0.355 e. The summed E-state index contributed by atoms with van der Waals surface area (Å²) in [6.07, 6.45) is 0. The van der Waals surface area contributed by atoms with Crippen molar-refractivity contribution in [3.63, 3.8) is 0 Å². The van der Waals surface area contributed by atoms with Gasteiger partial charge in [-0.15, -0.1) is 0 Å². The summed E-state index contributed by atoms with van der Waals surface area (Å²) in [5, 5.41) is 12.7. The Morgan fingerprint density at radius 3 is 1.81 bits per heavy atom. The normalized spacial score (nSPS) is 10.2. The highest BCUT2D eigenvalue weighted by molar-refractivity contribution is 5.82.